The van der Waals surface area contributed by atoms with Gasteiger partial charge in [-0.05, 0) is 49.2 Å². The Kier molecular flexibility index (Phi) is 4.75. The zero-order chi connectivity index (χ0) is 17.8. The van der Waals surface area contributed by atoms with Crippen molar-refractivity contribution in [3.05, 3.63) is 83.4 Å². The van der Waals surface area contributed by atoms with Gasteiger partial charge < -0.3 is 10.6 Å². The van der Waals surface area contributed by atoms with E-state index < -0.39 is 5.82 Å². The molecule has 2 aromatic carbocycles. The minimum absolute atomic E-state index is 0.344. The highest BCUT2D eigenvalue weighted by Crippen LogP contribution is 2.24. The number of nitrogens with one attached hydrogen (secondary N) is 2. The number of pyridine rings is 1. The zero-order valence-electron chi connectivity index (χ0n) is 14.0. The molecule has 0 radical (unpaired) electrons. The fraction of sp³-hybridized carbons (Fsp3) is 0.100. The van der Waals surface area contributed by atoms with Gasteiger partial charge in [0, 0.05) is 17.6 Å². The van der Waals surface area contributed by atoms with Gasteiger partial charge in [0.1, 0.15) is 5.82 Å². The summed E-state index contributed by atoms with van der Waals surface area (Å²) in [7, 11) is 0. The Bertz CT molecular complexity index is 904. The highest BCUT2D eigenvalue weighted by molar-refractivity contribution is 6.04. The summed E-state index contributed by atoms with van der Waals surface area (Å²) in [6, 6.07) is 13.5. The Labute approximate surface area is 145 Å². The first-order valence-corrected chi connectivity index (χ1v) is 7.88. The number of hydrogen-bond acceptors (Lipinski definition) is 3. The van der Waals surface area contributed by atoms with Crippen molar-refractivity contribution in [1.82, 2.24) is 4.98 Å². The Hall–Kier alpha value is -3.21. The molecule has 126 valence electrons. The third-order valence-corrected chi connectivity index (χ3v) is 3.83. The predicted octanol–water partition coefficient (Wildman–Crippen LogP) is 4.83. The van der Waals surface area contributed by atoms with E-state index in [2.05, 4.69) is 15.6 Å². The average molecular weight is 335 g/mol. The molecule has 0 aliphatic rings. The van der Waals surface area contributed by atoms with Crippen molar-refractivity contribution < 1.29 is 9.18 Å². The van der Waals surface area contributed by atoms with Gasteiger partial charge in [-0.2, -0.15) is 0 Å². The van der Waals surface area contributed by atoms with Crippen LogP contribution in [0.5, 0.6) is 0 Å². The van der Waals surface area contributed by atoms with Crippen LogP contribution in [0.1, 0.15) is 21.5 Å². The summed E-state index contributed by atoms with van der Waals surface area (Å²) in [5.41, 5.74) is 4.71. The molecule has 0 spiro atoms. The second-order valence-corrected chi connectivity index (χ2v) is 5.82. The van der Waals surface area contributed by atoms with E-state index in [0.717, 1.165) is 16.8 Å². The molecule has 1 heterocycles. The SMILES string of the molecule is Cc1cccc(C)c1Nc1cncc(C(=O)Nc2cccc(F)c2)c1. The molecular formula is C20H18FN3O. The minimum Gasteiger partial charge on any atom is -0.354 e. The van der Waals surface area contributed by atoms with Gasteiger partial charge >= 0.3 is 0 Å². The second kappa shape index (κ2) is 7.13. The molecule has 3 aromatic rings. The summed E-state index contributed by atoms with van der Waals surface area (Å²) in [6.45, 7) is 4.03. The Morgan fingerprint density at radius 2 is 1.68 bits per heavy atom. The van der Waals surface area contributed by atoms with Crippen LogP contribution in [0.15, 0.2) is 60.9 Å². The zero-order valence-corrected chi connectivity index (χ0v) is 14.0. The maximum atomic E-state index is 13.2. The molecule has 0 aliphatic carbocycles. The third-order valence-electron chi connectivity index (χ3n) is 3.83. The van der Waals surface area contributed by atoms with Gasteiger partial charge in [-0.25, -0.2) is 4.39 Å². The van der Waals surface area contributed by atoms with Gasteiger partial charge in [0.2, 0.25) is 0 Å². The fourth-order valence-corrected chi connectivity index (χ4v) is 2.56. The van der Waals surface area contributed by atoms with Crippen LogP contribution in [0, 0.1) is 19.7 Å². The Balaban J connectivity index is 1.80. The lowest BCUT2D eigenvalue weighted by Crippen LogP contribution is -2.12. The standard InChI is InChI=1S/C20H18FN3O/c1-13-5-3-6-14(2)19(13)23-18-9-15(11-22-12-18)20(25)24-17-8-4-7-16(21)10-17/h3-12,23H,1-2H3,(H,24,25). The van der Waals surface area contributed by atoms with E-state index in [9.17, 15) is 9.18 Å². The quantitative estimate of drug-likeness (QED) is 0.718. The molecule has 4 nitrogen and oxygen atoms in total. The van der Waals surface area contributed by atoms with Crippen molar-refractivity contribution in [2.75, 3.05) is 10.6 Å². The summed E-state index contributed by atoms with van der Waals surface area (Å²) in [5.74, 6) is -0.746. The lowest BCUT2D eigenvalue weighted by Gasteiger charge is -2.13. The molecule has 5 heteroatoms. The molecule has 0 bridgehead atoms. The monoisotopic (exact) mass is 335 g/mol. The fourth-order valence-electron chi connectivity index (χ4n) is 2.56. The van der Waals surface area contributed by atoms with E-state index in [1.54, 1.807) is 24.4 Å². The van der Waals surface area contributed by atoms with Crippen molar-refractivity contribution in [2.45, 2.75) is 13.8 Å². The van der Waals surface area contributed by atoms with Crippen molar-refractivity contribution in [3.8, 4) is 0 Å². The maximum absolute atomic E-state index is 13.2. The third kappa shape index (κ3) is 4.01. The van der Waals surface area contributed by atoms with Crippen LogP contribution in [0.4, 0.5) is 21.5 Å². The summed E-state index contributed by atoms with van der Waals surface area (Å²) in [5, 5.41) is 5.97. The second-order valence-electron chi connectivity index (χ2n) is 5.82. The van der Waals surface area contributed by atoms with Crippen LogP contribution in [-0.2, 0) is 0 Å². The van der Waals surface area contributed by atoms with E-state index in [1.807, 2.05) is 32.0 Å². The van der Waals surface area contributed by atoms with Crippen LogP contribution in [0.2, 0.25) is 0 Å². The molecule has 0 saturated carbocycles. The maximum Gasteiger partial charge on any atom is 0.257 e. The van der Waals surface area contributed by atoms with Crippen molar-refractivity contribution in [2.24, 2.45) is 0 Å². The first kappa shape index (κ1) is 16.6. The first-order chi connectivity index (χ1) is 12.0. The number of para-hydroxylation sites is 1. The summed E-state index contributed by atoms with van der Waals surface area (Å²) in [6.07, 6.45) is 3.13. The van der Waals surface area contributed by atoms with Crippen LogP contribution in [0.25, 0.3) is 0 Å². The molecule has 2 N–H and O–H groups in total. The van der Waals surface area contributed by atoms with Crippen LogP contribution >= 0.6 is 0 Å². The molecular weight excluding hydrogens is 317 g/mol. The van der Waals surface area contributed by atoms with E-state index >= 15 is 0 Å². The number of hydrogen-bond donors (Lipinski definition) is 2. The number of anilines is 3. The number of amides is 1. The van der Waals surface area contributed by atoms with E-state index in [4.69, 9.17) is 0 Å². The lowest BCUT2D eigenvalue weighted by molar-refractivity contribution is 0.102. The number of aromatic nitrogens is 1. The van der Waals surface area contributed by atoms with Gasteiger partial charge in [0.05, 0.1) is 17.4 Å². The van der Waals surface area contributed by atoms with Crippen LogP contribution < -0.4 is 10.6 Å². The highest BCUT2D eigenvalue weighted by Gasteiger charge is 2.09. The number of nitrogens with zero attached hydrogens (tertiary/aromatic N) is 1. The molecule has 1 aromatic heterocycles. The van der Waals surface area contributed by atoms with Gasteiger partial charge in [0.15, 0.2) is 0 Å². The molecule has 0 unspecified atom stereocenters. The first-order valence-electron chi connectivity index (χ1n) is 7.88. The van der Waals surface area contributed by atoms with Gasteiger partial charge in [-0.1, -0.05) is 24.3 Å². The molecule has 0 saturated heterocycles. The number of halogens is 1. The normalized spacial score (nSPS) is 10.4. The lowest BCUT2D eigenvalue weighted by atomic mass is 10.1. The van der Waals surface area contributed by atoms with Crippen LogP contribution in [-0.4, -0.2) is 10.9 Å². The largest absolute Gasteiger partial charge is 0.354 e. The summed E-state index contributed by atoms with van der Waals surface area (Å²) in [4.78, 5) is 16.5. The number of aryl methyl sites for hydroxylation is 2. The number of carbonyl (C=O) groups excluding carboxylic acids is 1. The smallest absolute Gasteiger partial charge is 0.257 e. The summed E-state index contributed by atoms with van der Waals surface area (Å²) >= 11 is 0. The Morgan fingerprint density at radius 3 is 2.40 bits per heavy atom. The Morgan fingerprint density at radius 1 is 0.960 bits per heavy atom. The number of benzene rings is 2. The molecule has 0 atom stereocenters. The average Bonchev–Trinajstić information content (AvgIpc) is 2.58. The van der Waals surface area contributed by atoms with E-state index in [0.29, 0.717) is 16.9 Å². The van der Waals surface area contributed by atoms with Gasteiger partial charge in [-0.3, -0.25) is 9.78 Å². The van der Waals surface area contributed by atoms with E-state index in [-0.39, 0.29) is 5.91 Å². The molecule has 0 fully saturated rings. The highest BCUT2D eigenvalue weighted by atomic mass is 19.1. The van der Waals surface area contributed by atoms with Gasteiger partial charge in [0.25, 0.3) is 5.91 Å². The number of rotatable bonds is 4. The van der Waals surface area contributed by atoms with Gasteiger partial charge in [-0.15, -0.1) is 0 Å². The minimum atomic E-state index is -0.402. The van der Waals surface area contributed by atoms with Crippen molar-refractivity contribution in [1.29, 1.82) is 0 Å². The van der Waals surface area contributed by atoms with E-state index in [1.165, 1.54) is 18.3 Å². The van der Waals surface area contributed by atoms with Crippen molar-refractivity contribution in [3.63, 3.8) is 0 Å². The van der Waals surface area contributed by atoms with Crippen LogP contribution in [0.3, 0.4) is 0 Å². The van der Waals surface area contributed by atoms with Crippen molar-refractivity contribution >= 4 is 23.0 Å². The molecule has 0 aliphatic heterocycles. The number of carbonyl (C=O) groups is 1. The predicted molar refractivity (Wildman–Crippen MR) is 97.8 cm³/mol. The summed E-state index contributed by atoms with van der Waals surface area (Å²) < 4.78 is 13.2. The topological polar surface area (TPSA) is 54.0 Å². The molecule has 25 heavy (non-hydrogen) atoms. The molecule has 3 rings (SSSR count). The molecule has 1 amide bonds.